The summed E-state index contributed by atoms with van der Waals surface area (Å²) in [5.74, 6) is -1.94. The van der Waals surface area contributed by atoms with Crippen molar-refractivity contribution in [2.75, 3.05) is 6.54 Å². The van der Waals surface area contributed by atoms with E-state index in [9.17, 15) is 14.7 Å². The van der Waals surface area contributed by atoms with E-state index in [4.69, 9.17) is 0 Å². The molecule has 4 heteroatoms. The van der Waals surface area contributed by atoms with E-state index < -0.39 is 11.9 Å². The lowest BCUT2D eigenvalue weighted by Gasteiger charge is -2.19. The van der Waals surface area contributed by atoms with Crippen molar-refractivity contribution < 1.29 is 14.7 Å². The number of nitrogens with one attached hydrogen (secondary N) is 1. The van der Waals surface area contributed by atoms with Gasteiger partial charge in [0.15, 0.2) is 0 Å². The minimum atomic E-state index is -1.07. The Morgan fingerprint density at radius 3 is 2.29 bits per heavy atom. The fourth-order valence-corrected chi connectivity index (χ4v) is 1.31. The molecule has 1 amide bonds. The molecule has 0 radical (unpaired) electrons. The van der Waals surface area contributed by atoms with Gasteiger partial charge in [-0.05, 0) is 25.7 Å². The molecule has 0 aromatic heterocycles. The molecule has 2 unspecified atom stereocenters. The Hall–Kier alpha value is -1.06. The molecule has 2 atom stereocenters. The van der Waals surface area contributed by atoms with E-state index in [0.717, 1.165) is 0 Å². The molecule has 14 heavy (non-hydrogen) atoms. The zero-order valence-corrected chi connectivity index (χ0v) is 9.00. The van der Waals surface area contributed by atoms with Crippen LogP contribution in [0.2, 0.25) is 0 Å². The second kappa shape index (κ2) is 6.40. The summed E-state index contributed by atoms with van der Waals surface area (Å²) in [4.78, 5) is 21.9. The number of hydrogen-bond donors (Lipinski definition) is 1. The second-order valence-corrected chi connectivity index (χ2v) is 3.46. The van der Waals surface area contributed by atoms with Gasteiger partial charge in [-0.1, -0.05) is 13.8 Å². The highest BCUT2D eigenvalue weighted by molar-refractivity contribution is 5.79. The summed E-state index contributed by atoms with van der Waals surface area (Å²) in [5.41, 5.74) is 0. The second-order valence-electron chi connectivity index (χ2n) is 3.46. The van der Waals surface area contributed by atoms with Crippen LogP contribution in [0.1, 0.15) is 33.6 Å². The lowest BCUT2D eigenvalue weighted by Crippen LogP contribution is -2.35. The molecule has 82 valence electrons. The van der Waals surface area contributed by atoms with Gasteiger partial charge in [0.05, 0.1) is 0 Å². The molecule has 0 aromatic carbocycles. The molecular weight excluding hydrogens is 182 g/mol. The fraction of sp³-hybridized carbons (Fsp3) is 0.800. The van der Waals surface area contributed by atoms with Crippen molar-refractivity contribution in [3.05, 3.63) is 0 Å². The quantitative estimate of drug-likeness (QED) is 0.652. The summed E-state index contributed by atoms with van der Waals surface area (Å²) in [6.07, 6.45) is 0.858. The summed E-state index contributed by atoms with van der Waals surface area (Å²) in [6.45, 7) is 5.92. The third-order valence-corrected chi connectivity index (χ3v) is 2.26. The Bertz CT molecular complexity index is 204. The van der Waals surface area contributed by atoms with Gasteiger partial charge in [-0.15, -0.1) is 0 Å². The number of carboxylic acids is 1. The van der Waals surface area contributed by atoms with E-state index in [1.54, 1.807) is 13.8 Å². The van der Waals surface area contributed by atoms with Gasteiger partial charge in [-0.25, -0.2) is 0 Å². The van der Waals surface area contributed by atoms with Gasteiger partial charge in [0, 0.05) is 18.4 Å². The number of aliphatic carboxylic acids is 1. The van der Waals surface area contributed by atoms with Gasteiger partial charge in [0.2, 0.25) is 5.91 Å². The molecule has 0 aliphatic heterocycles. The first-order chi connectivity index (χ1) is 6.52. The highest BCUT2D eigenvalue weighted by atomic mass is 16.4. The normalized spacial score (nSPS) is 14.5. The van der Waals surface area contributed by atoms with E-state index in [2.05, 4.69) is 5.32 Å². The average Bonchev–Trinajstić information content (AvgIpc) is 2.13. The number of hydrogen-bond acceptors (Lipinski definition) is 3. The van der Waals surface area contributed by atoms with Gasteiger partial charge in [-0.2, -0.15) is 0 Å². The van der Waals surface area contributed by atoms with Crippen molar-refractivity contribution in [2.45, 2.75) is 33.6 Å². The molecule has 1 N–H and O–H groups in total. The van der Waals surface area contributed by atoms with Crippen molar-refractivity contribution in [3.63, 3.8) is 0 Å². The van der Waals surface area contributed by atoms with Crippen LogP contribution in [0, 0.1) is 11.8 Å². The third-order valence-electron chi connectivity index (χ3n) is 2.26. The first-order valence-corrected chi connectivity index (χ1v) is 5.01. The summed E-state index contributed by atoms with van der Waals surface area (Å²) in [7, 11) is 0. The van der Waals surface area contributed by atoms with E-state index >= 15 is 0 Å². The minimum absolute atomic E-state index is 0.0906. The predicted molar refractivity (Wildman–Crippen MR) is 51.3 cm³/mol. The van der Waals surface area contributed by atoms with Crippen LogP contribution in [0.15, 0.2) is 0 Å². The molecule has 0 saturated heterocycles. The summed E-state index contributed by atoms with van der Waals surface area (Å²) in [6, 6.07) is 0. The smallest absolute Gasteiger partial charge is 0.222 e. The van der Waals surface area contributed by atoms with Gasteiger partial charge in [-0.3, -0.25) is 4.79 Å². The van der Waals surface area contributed by atoms with Crippen molar-refractivity contribution >= 4 is 11.9 Å². The topological polar surface area (TPSA) is 69.2 Å². The van der Waals surface area contributed by atoms with E-state index in [1.807, 2.05) is 6.92 Å². The lowest BCUT2D eigenvalue weighted by atomic mass is 9.93. The molecular formula is C10H18NO3-. The third kappa shape index (κ3) is 4.25. The molecule has 0 aromatic rings. The van der Waals surface area contributed by atoms with Crippen molar-refractivity contribution in [2.24, 2.45) is 11.8 Å². The zero-order valence-electron chi connectivity index (χ0n) is 9.00. The molecule has 4 nitrogen and oxygen atoms in total. The minimum Gasteiger partial charge on any atom is -0.550 e. The van der Waals surface area contributed by atoms with Crippen molar-refractivity contribution in [1.82, 2.24) is 5.32 Å². The first-order valence-electron chi connectivity index (χ1n) is 5.01. The van der Waals surface area contributed by atoms with Crippen molar-refractivity contribution in [1.29, 1.82) is 0 Å². The maximum absolute atomic E-state index is 11.3. The average molecular weight is 200 g/mol. The Kier molecular flexibility index (Phi) is 5.92. The van der Waals surface area contributed by atoms with Gasteiger partial charge >= 0.3 is 0 Å². The highest BCUT2D eigenvalue weighted by Crippen LogP contribution is 2.14. The van der Waals surface area contributed by atoms with Gasteiger partial charge in [0.1, 0.15) is 0 Å². The molecule has 0 rings (SSSR count). The number of carbonyl (C=O) groups excluding carboxylic acids is 2. The van der Waals surface area contributed by atoms with Crippen molar-refractivity contribution in [3.8, 4) is 0 Å². The number of rotatable bonds is 6. The van der Waals surface area contributed by atoms with Crippen LogP contribution >= 0.6 is 0 Å². The number of amides is 1. The van der Waals surface area contributed by atoms with E-state index in [-0.39, 0.29) is 11.8 Å². The molecule has 0 fully saturated rings. The molecule has 0 saturated carbocycles. The van der Waals surface area contributed by atoms with Gasteiger partial charge < -0.3 is 15.2 Å². The predicted octanol–water partition coefficient (Wildman–Crippen LogP) is -0.0752. The Balaban J connectivity index is 4.08. The summed E-state index contributed by atoms with van der Waals surface area (Å²) >= 11 is 0. The zero-order chi connectivity index (χ0) is 11.1. The molecule has 0 bridgehead atoms. The number of carbonyl (C=O) groups is 2. The monoisotopic (exact) mass is 200 g/mol. The maximum Gasteiger partial charge on any atom is 0.222 e. The fourth-order valence-electron chi connectivity index (χ4n) is 1.31. The van der Waals surface area contributed by atoms with Crippen LogP contribution in [-0.2, 0) is 9.59 Å². The number of carboxylic acid groups (broad SMARTS) is 1. The molecule has 0 aliphatic carbocycles. The summed E-state index contributed by atoms with van der Waals surface area (Å²) < 4.78 is 0. The lowest BCUT2D eigenvalue weighted by molar-refractivity contribution is -0.312. The largest absolute Gasteiger partial charge is 0.550 e. The Morgan fingerprint density at radius 2 is 1.93 bits per heavy atom. The maximum atomic E-state index is 11.3. The Morgan fingerprint density at radius 1 is 1.36 bits per heavy atom. The molecule has 0 aliphatic rings. The van der Waals surface area contributed by atoms with E-state index in [1.165, 1.54) is 0 Å². The Labute approximate surface area is 84.7 Å². The van der Waals surface area contributed by atoms with Crippen LogP contribution in [0.3, 0.4) is 0 Å². The van der Waals surface area contributed by atoms with Crippen LogP contribution < -0.4 is 10.4 Å². The van der Waals surface area contributed by atoms with Gasteiger partial charge in [0.25, 0.3) is 0 Å². The first kappa shape index (κ1) is 12.9. The van der Waals surface area contributed by atoms with Crippen LogP contribution in [0.5, 0.6) is 0 Å². The SMILES string of the molecule is CCNC(=O)C(C)CC(CC)C(=O)[O-]. The van der Waals surface area contributed by atoms with Crippen LogP contribution in [0.4, 0.5) is 0 Å². The molecule has 0 heterocycles. The highest BCUT2D eigenvalue weighted by Gasteiger charge is 2.17. The van der Waals surface area contributed by atoms with E-state index in [0.29, 0.717) is 19.4 Å². The standard InChI is InChI=1S/C10H19NO3/c1-4-8(10(13)14)6-7(3)9(12)11-5-2/h7-8H,4-6H2,1-3H3,(H,11,12)(H,13,14)/p-1. The van der Waals surface area contributed by atoms with Crippen LogP contribution in [0.25, 0.3) is 0 Å². The summed E-state index contributed by atoms with van der Waals surface area (Å²) in [5, 5.41) is 13.3. The molecule has 0 spiro atoms. The van der Waals surface area contributed by atoms with Crippen LogP contribution in [-0.4, -0.2) is 18.4 Å².